The smallest absolute Gasteiger partial charge is 0.178 e. The number of methoxy groups -OCH3 is 1. The van der Waals surface area contributed by atoms with E-state index in [1.807, 2.05) is 24.4 Å². The zero-order valence-electron chi connectivity index (χ0n) is 16.7. The largest absolute Gasteiger partial charge is 0.495 e. The van der Waals surface area contributed by atoms with Crippen molar-refractivity contribution in [1.82, 2.24) is 24.7 Å². The topological polar surface area (TPSA) is 102 Å². The molecule has 0 bridgehead atoms. The van der Waals surface area contributed by atoms with Gasteiger partial charge < -0.3 is 14.5 Å². The fourth-order valence-electron chi connectivity index (χ4n) is 3.81. The van der Waals surface area contributed by atoms with Crippen molar-refractivity contribution in [1.29, 1.82) is 5.26 Å². The van der Waals surface area contributed by atoms with Gasteiger partial charge in [0.15, 0.2) is 11.9 Å². The third kappa shape index (κ3) is 3.63. The van der Waals surface area contributed by atoms with Crippen LogP contribution in [0.2, 0.25) is 5.02 Å². The Balaban J connectivity index is 1.50. The fraction of sp³-hybridized carbons (Fsp3) is 0.273. The quantitative estimate of drug-likeness (QED) is 0.503. The second kappa shape index (κ2) is 8.02. The fourth-order valence-corrected chi connectivity index (χ4v) is 4.00. The van der Waals surface area contributed by atoms with Crippen molar-refractivity contribution in [2.45, 2.75) is 19.1 Å². The summed E-state index contributed by atoms with van der Waals surface area (Å²) in [6, 6.07) is 9.76. The number of pyridine rings is 1. The lowest BCUT2D eigenvalue weighted by atomic mass is 10.0. The second-order valence-electron chi connectivity index (χ2n) is 7.38. The van der Waals surface area contributed by atoms with Crippen LogP contribution in [0.1, 0.15) is 19.1 Å². The molecule has 1 aliphatic heterocycles. The third-order valence-corrected chi connectivity index (χ3v) is 5.78. The average molecular weight is 435 g/mol. The van der Waals surface area contributed by atoms with E-state index in [9.17, 15) is 5.26 Å². The van der Waals surface area contributed by atoms with Crippen molar-refractivity contribution in [3.05, 3.63) is 47.9 Å². The summed E-state index contributed by atoms with van der Waals surface area (Å²) in [5.74, 6) is 1.24. The molecule has 2 unspecified atom stereocenters. The minimum absolute atomic E-state index is 0.00874. The van der Waals surface area contributed by atoms with Gasteiger partial charge in [-0.25, -0.2) is 14.6 Å². The van der Waals surface area contributed by atoms with Crippen LogP contribution in [0, 0.1) is 17.2 Å². The van der Waals surface area contributed by atoms with Gasteiger partial charge in [0.1, 0.15) is 11.6 Å². The molecule has 0 amide bonds. The van der Waals surface area contributed by atoms with E-state index in [1.165, 1.54) is 0 Å². The standard InChI is InChI=1S/C22H19ClN6O2/c1-30-18-9-14(2-3-17(18)23)21-27-20-16(4-6-25-22(20)28-21)15-11-26-29(12-15)19-8-13(10-24)5-7-31-19/h2-4,6,9,11-13,19H,5,7-8H2,1H3,(H,25,27,28). The van der Waals surface area contributed by atoms with Crippen LogP contribution < -0.4 is 4.74 Å². The van der Waals surface area contributed by atoms with Crippen molar-refractivity contribution in [2.24, 2.45) is 5.92 Å². The second-order valence-corrected chi connectivity index (χ2v) is 7.78. The number of imidazole rings is 1. The highest BCUT2D eigenvalue weighted by Gasteiger charge is 2.24. The van der Waals surface area contributed by atoms with Crippen molar-refractivity contribution in [3.63, 3.8) is 0 Å². The Hall–Kier alpha value is -3.41. The number of ether oxygens (including phenoxy) is 2. The molecule has 1 N–H and O–H groups in total. The summed E-state index contributed by atoms with van der Waals surface area (Å²) in [7, 11) is 1.58. The SMILES string of the molecule is COc1cc(-c2nc3nccc(-c4cnn(C5CC(C#N)CCO5)c4)c3[nH]2)ccc1Cl. The molecule has 1 aliphatic rings. The van der Waals surface area contributed by atoms with Gasteiger partial charge in [0.25, 0.3) is 0 Å². The van der Waals surface area contributed by atoms with E-state index in [2.05, 4.69) is 26.1 Å². The number of hydrogen-bond acceptors (Lipinski definition) is 6. The molecule has 0 aliphatic carbocycles. The number of hydrogen-bond donors (Lipinski definition) is 1. The number of halogens is 1. The average Bonchev–Trinajstić information content (AvgIpc) is 3.47. The Morgan fingerprint density at radius 3 is 3.06 bits per heavy atom. The molecule has 0 radical (unpaired) electrons. The molecule has 5 rings (SSSR count). The molecule has 0 saturated carbocycles. The highest BCUT2D eigenvalue weighted by atomic mass is 35.5. The first kappa shape index (κ1) is 19.5. The lowest BCUT2D eigenvalue weighted by molar-refractivity contribution is -0.0516. The van der Waals surface area contributed by atoms with Gasteiger partial charge in [-0.1, -0.05) is 11.6 Å². The van der Waals surface area contributed by atoms with E-state index in [4.69, 9.17) is 21.1 Å². The molecular formula is C22H19ClN6O2. The molecule has 3 aromatic heterocycles. The number of nitrogens with zero attached hydrogens (tertiary/aromatic N) is 5. The van der Waals surface area contributed by atoms with Crippen molar-refractivity contribution < 1.29 is 9.47 Å². The van der Waals surface area contributed by atoms with Crippen LogP contribution in [0.15, 0.2) is 42.9 Å². The van der Waals surface area contributed by atoms with Crippen LogP contribution >= 0.6 is 11.6 Å². The lowest BCUT2D eigenvalue weighted by Crippen LogP contribution is -2.23. The number of nitriles is 1. The number of aromatic nitrogens is 5. The zero-order valence-corrected chi connectivity index (χ0v) is 17.5. The first-order chi connectivity index (χ1) is 15.2. The van der Waals surface area contributed by atoms with Crippen LogP contribution in [0.25, 0.3) is 33.7 Å². The third-order valence-electron chi connectivity index (χ3n) is 5.47. The first-order valence-electron chi connectivity index (χ1n) is 9.90. The van der Waals surface area contributed by atoms with E-state index >= 15 is 0 Å². The summed E-state index contributed by atoms with van der Waals surface area (Å²) in [4.78, 5) is 12.4. The van der Waals surface area contributed by atoms with Gasteiger partial charge in [0.2, 0.25) is 0 Å². The van der Waals surface area contributed by atoms with Crippen molar-refractivity contribution in [3.8, 4) is 34.3 Å². The number of fused-ring (bicyclic) bond motifs is 1. The summed E-state index contributed by atoms with van der Waals surface area (Å²) >= 11 is 6.15. The van der Waals surface area contributed by atoms with Crippen molar-refractivity contribution in [2.75, 3.05) is 13.7 Å². The molecule has 1 fully saturated rings. The number of H-pyrrole nitrogens is 1. The van der Waals surface area contributed by atoms with Crippen LogP contribution in [-0.4, -0.2) is 38.4 Å². The molecule has 4 heterocycles. The van der Waals surface area contributed by atoms with E-state index in [0.717, 1.165) is 28.6 Å². The maximum atomic E-state index is 9.23. The lowest BCUT2D eigenvalue weighted by Gasteiger charge is -2.25. The van der Waals surface area contributed by atoms with Crippen LogP contribution in [-0.2, 0) is 4.74 Å². The molecule has 1 saturated heterocycles. The Bertz CT molecular complexity index is 1290. The predicted octanol–water partition coefficient (Wildman–Crippen LogP) is 4.60. The van der Waals surface area contributed by atoms with Gasteiger partial charge in [0.05, 0.1) is 42.4 Å². The summed E-state index contributed by atoms with van der Waals surface area (Å²) in [6.45, 7) is 0.562. The summed E-state index contributed by atoms with van der Waals surface area (Å²) < 4.78 is 12.9. The van der Waals surface area contributed by atoms with Gasteiger partial charge in [-0.2, -0.15) is 10.4 Å². The normalized spacial score (nSPS) is 18.7. The highest BCUT2D eigenvalue weighted by molar-refractivity contribution is 6.32. The Morgan fingerprint density at radius 1 is 1.32 bits per heavy atom. The van der Waals surface area contributed by atoms with Crippen LogP contribution in [0.3, 0.4) is 0 Å². The maximum absolute atomic E-state index is 9.23. The molecule has 156 valence electrons. The van der Waals surface area contributed by atoms with Gasteiger partial charge in [-0.05, 0) is 30.7 Å². The first-order valence-corrected chi connectivity index (χ1v) is 10.3. The van der Waals surface area contributed by atoms with E-state index < -0.39 is 0 Å². The monoisotopic (exact) mass is 434 g/mol. The predicted molar refractivity (Wildman–Crippen MR) is 115 cm³/mol. The zero-order chi connectivity index (χ0) is 21.4. The van der Waals surface area contributed by atoms with Gasteiger partial charge >= 0.3 is 0 Å². The molecule has 1 aromatic carbocycles. The Labute approximate surface area is 183 Å². The molecule has 8 nitrogen and oxygen atoms in total. The number of aromatic amines is 1. The summed E-state index contributed by atoms with van der Waals surface area (Å²) in [6.07, 6.45) is 6.62. The number of benzene rings is 1. The van der Waals surface area contributed by atoms with E-state index in [-0.39, 0.29) is 12.1 Å². The molecule has 9 heteroatoms. The Kier molecular flexibility index (Phi) is 5.06. The summed E-state index contributed by atoms with van der Waals surface area (Å²) in [5.41, 5.74) is 4.11. The number of rotatable bonds is 4. The van der Waals surface area contributed by atoms with Crippen molar-refractivity contribution >= 4 is 22.8 Å². The Morgan fingerprint density at radius 2 is 2.23 bits per heavy atom. The van der Waals surface area contributed by atoms with Gasteiger partial charge in [0, 0.05) is 35.5 Å². The van der Waals surface area contributed by atoms with Crippen LogP contribution in [0.4, 0.5) is 0 Å². The van der Waals surface area contributed by atoms with Gasteiger partial charge in [-0.3, -0.25) is 0 Å². The number of nitrogens with one attached hydrogen (secondary N) is 1. The molecule has 4 aromatic rings. The molecule has 0 spiro atoms. The minimum atomic E-state index is -0.233. The van der Waals surface area contributed by atoms with Crippen LogP contribution in [0.5, 0.6) is 5.75 Å². The molecule has 2 atom stereocenters. The van der Waals surface area contributed by atoms with E-state index in [1.54, 1.807) is 30.3 Å². The van der Waals surface area contributed by atoms with Gasteiger partial charge in [-0.15, -0.1) is 0 Å². The molecular weight excluding hydrogens is 416 g/mol. The summed E-state index contributed by atoms with van der Waals surface area (Å²) in [5, 5.41) is 14.3. The van der Waals surface area contributed by atoms with E-state index in [0.29, 0.717) is 35.3 Å². The minimum Gasteiger partial charge on any atom is -0.495 e. The highest BCUT2D eigenvalue weighted by Crippen LogP contribution is 2.33. The molecule has 31 heavy (non-hydrogen) atoms. The maximum Gasteiger partial charge on any atom is 0.178 e.